The van der Waals surface area contributed by atoms with Crippen LogP contribution in [0.4, 0.5) is 4.79 Å². The molecule has 0 aromatic carbocycles. The number of urea groups is 1. The lowest BCUT2D eigenvalue weighted by Gasteiger charge is -2.25. The van der Waals surface area contributed by atoms with Crippen molar-refractivity contribution in [3.63, 3.8) is 0 Å². The van der Waals surface area contributed by atoms with Crippen LogP contribution in [-0.4, -0.2) is 47.5 Å². The molecule has 0 spiro atoms. The fourth-order valence-corrected chi connectivity index (χ4v) is 1.04. The average Bonchev–Trinajstić information content (AvgIpc) is 2.11. The van der Waals surface area contributed by atoms with Crippen molar-refractivity contribution in [3.05, 3.63) is 0 Å². The molecule has 0 unspecified atom stereocenters. The quantitative estimate of drug-likeness (QED) is 0.683. The van der Waals surface area contributed by atoms with Crippen molar-refractivity contribution in [2.24, 2.45) is 5.73 Å². The van der Waals surface area contributed by atoms with Crippen molar-refractivity contribution < 1.29 is 4.79 Å². The van der Waals surface area contributed by atoms with E-state index < -0.39 is 0 Å². The molecule has 0 aliphatic rings. The maximum atomic E-state index is 11.6. The zero-order chi connectivity index (χ0) is 10.4. The van der Waals surface area contributed by atoms with E-state index in [0.29, 0.717) is 24.6 Å². The number of nitrogens with two attached hydrogens (primary N) is 1. The first-order chi connectivity index (χ1) is 6.02. The Morgan fingerprint density at radius 3 is 2.23 bits per heavy atom. The van der Waals surface area contributed by atoms with E-state index in [1.54, 1.807) is 16.8 Å². The van der Waals surface area contributed by atoms with Crippen LogP contribution in [0, 0.1) is 0 Å². The van der Waals surface area contributed by atoms with Crippen LogP contribution < -0.4 is 5.73 Å². The molecule has 4 nitrogen and oxygen atoms in total. The molecule has 5 heteroatoms. The fourth-order valence-electron chi connectivity index (χ4n) is 0.879. The SMILES string of the molecule is CCN(C)C(=O)N(CC)CC(N)=S. The summed E-state index contributed by atoms with van der Waals surface area (Å²) in [6, 6.07) is -0.0298. The topological polar surface area (TPSA) is 49.6 Å². The first-order valence-corrected chi connectivity index (χ1v) is 4.72. The molecule has 0 aliphatic heterocycles. The third-order valence-corrected chi connectivity index (χ3v) is 1.93. The average molecular weight is 203 g/mol. The second-order valence-electron chi connectivity index (χ2n) is 2.78. The number of thiocarbonyl (C=S) groups is 1. The van der Waals surface area contributed by atoms with Gasteiger partial charge in [0.1, 0.15) is 0 Å². The van der Waals surface area contributed by atoms with Crippen molar-refractivity contribution in [1.29, 1.82) is 0 Å². The van der Waals surface area contributed by atoms with E-state index in [9.17, 15) is 4.79 Å². The van der Waals surface area contributed by atoms with Gasteiger partial charge in [0, 0.05) is 20.1 Å². The third-order valence-electron chi connectivity index (χ3n) is 1.80. The van der Waals surface area contributed by atoms with Crippen molar-refractivity contribution in [2.45, 2.75) is 13.8 Å². The molecule has 2 amide bonds. The van der Waals surface area contributed by atoms with Crippen LogP contribution in [0.25, 0.3) is 0 Å². The van der Waals surface area contributed by atoms with Gasteiger partial charge in [0.25, 0.3) is 0 Å². The number of carbonyl (C=O) groups is 1. The van der Waals surface area contributed by atoms with Crippen LogP contribution in [0.1, 0.15) is 13.8 Å². The largest absolute Gasteiger partial charge is 0.392 e. The Balaban J connectivity index is 4.22. The molecule has 0 bridgehead atoms. The summed E-state index contributed by atoms with van der Waals surface area (Å²) in [5.41, 5.74) is 5.37. The lowest BCUT2D eigenvalue weighted by molar-refractivity contribution is 0.174. The van der Waals surface area contributed by atoms with Gasteiger partial charge in [-0.15, -0.1) is 0 Å². The highest BCUT2D eigenvalue weighted by atomic mass is 32.1. The predicted octanol–water partition coefficient (Wildman–Crippen LogP) is 0.666. The highest BCUT2D eigenvalue weighted by Gasteiger charge is 2.14. The Hall–Kier alpha value is -0.840. The molecule has 0 aliphatic carbocycles. The van der Waals surface area contributed by atoms with Gasteiger partial charge in [-0.2, -0.15) is 0 Å². The van der Waals surface area contributed by atoms with E-state index in [-0.39, 0.29) is 6.03 Å². The van der Waals surface area contributed by atoms with Gasteiger partial charge in [-0.05, 0) is 13.8 Å². The zero-order valence-electron chi connectivity index (χ0n) is 8.41. The van der Waals surface area contributed by atoms with Gasteiger partial charge in [-0.3, -0.25) is 0 Å². The van der Waals surface area contributed by atoms with E-state index >= 15 is 0 Å². The molecule has 76 valence electrons. The lowest BCUT2D eigenvalue weighted by atomic mass is 10.5. The number of amides is 2. The molecule has 0 aromatic rings. The number of hydrogen-bond acceptors (Lipinski definition) is 2. The van der Waals surface area contributed by atoms with Crippen molar-refractivity contribution >= 4 is 23.2 Å². The Labute approximate surface area is 84.7 Å². The zero-order valence-corrected chi connectivity index (χ0v) is 9.23. The summed E-state index contributed by atoms with van der Waals surface area (Å²) in [5.74, 6) is 0. The molecule has 0 heterocycles. The molecule has 13 heavy (non-hydrogen) atoms. The van der Waals surface area contributed by atoms with E-state index in [4.69, 9.17) is 18.0 Å². The van der Waals surface area contributed by atoms with Crippen LogP contribution in [0.2, 0.25) is 0 Å². The first kappa shape index (κ1) is 12.2. The summed E-state index contributed by atoms with van der Waals surface area (Å²) in [7, 11) is 1.75. The number of likely N-dealkylation sites (N-methyl/N-ethyl adjacent to an activating group) is 1. The van der Waals surface area contributed by atoms with Crippen LogP contribution >= 0.6 is 12.2 Å². The monoisotopic (exact) mass is 203 g/mol. The summed E-state index contributed by atoms with van der Waals surface area (Å²) in [6.45, 7) is 5.49. The predicted molar refractivity (Wildman–Crippen MR) is 57.7 cm³/mol. The van der Waals surface area contributed by atoms with E-state index in [2.05, 4.69) is 0 Å². The second-order valence-corrected chi connectivity index (χ2v) is 3.30. The van der Waals surface area contributed by atoms with Crippen LogP contribution in [-0.2, 0) is 0 Å². The lowest BCUT2D eigenvalue weighted by Crippen LogP contribution is -2.44. The van der Waals surface area contributed by atoms with E-state index in [1.165, 1.54) is 0 Å². The number of hydrogen-bond donors (Lipinski definition) is 1. The summed E-state index contributed by atoms with van der Waals surface area (Å²) >= 11 is 4.75. The Morgan fingerprint density at radius 2 is 1.92 bits per heavy atom. The van der Waals surface area contributed by atoms with Gasteiger partial charge in [0.15, 0.2) is 0 Å². The minimum Gasteiger partial charge on any atom is -0.392 e. The molecular formula is C8H17N3OS. The second kappa shape index (κ2) is 5.75. The van der Waals surface area contributed by atoms with Crippen molar-refractivity contribution in [3.8, 4) is 0 Å². The van der Waals surface area contributed by atoms with Gasteiger partial charge in [0.2, 0.25) is 0 Å². The Kier molecular flexibility index (Phi) is 5.37. The third kappa shape index (κ3) is 4.07. The van der Waals surface area contributed by atoms with Gasteiger partial charge in [-0.1, -0.05) is 12.2 Å². The van der Waals surface area contributed by atoms with Gasteiger partial charge < -0.3 is 15.5 Å². The standard InChI is InChI=1S/C8H17N3OS/c1-4-10(3)8(12)11(5-2)6-7(9)13/h4-6H2,1-3H3,(H2,9,13). The van der Waals surface area contributed by atoms with Gasteiger partial charge >= 0.3 is 6.03 Å². The minimum atomic E-state index is -0.0298. The molecule has 0 rings (SSSR count). The molecule has 2 N–H and O–H groups in total. The number of nitrogens with zero attached hydrogens (tertiary/aromatic N) is 2. The smallest absolute Gasteiger partial charge is 0.320 e. The van der Waals surface area contributed by atoms with Crippen LogP contribution in [0.15, 0.2) is 0 Å². The molecule has 0 atom stereocenters. The molecule has 0 aromatic heterocycles. The van der Waals surface area contributed by atoms with Gasteiger partial charge in [-0.25, -0.2) is 4.79 Å². The maximum absolute atomic E-state index is 11.6. The summed E-state index contributed by atoms with van der Waals surface area (Å²) in [6.07, 6.45) is 0. The molecular weight excluding hydrogens is 186 g/mol. The highest BCUT2D eigenvalue weighted by Crippen LogP contribution is 1.96. The van der Waals surface area contributed by atoms with E-state index in [0.717, 1.165) is 0 Å². The summed E-state index contributed by atoms with van der Waals surface area (Å²) in [5, 5.41) is 0. The number of carbonyl (C=O) groups excluding carboxylic acids is 1. The normalized spacial score (nSPS) is 9.46. The molecule has 0 saturated heterocycles. The number of rotatable bonds is 4. The fraction of sp³-hybridized carbons (Fsp3) is 0.750. The molecule has 0 saturated carbocycles. The van der Waals surface area contributed by atoms with Crippen molar-refractivity contribution in [2.75, 3.05) is 26.7 Å². The summed E-state index contributed by atoms with van der Waals surface area (Å²) in [4.78, 5) is 15.2. The minimum absolute atomic E-state index is 0.0298. The molecule has 0 fully saturated rings. The molecule has 0 radical (unpaired) electrons. The van der Waals surface area contributed by atoms with E-state index in [1.807, 2.05) is 13.8 Å². The maximum Gasteiger partial charge on any atom is 0.320 e. The highest BCUT2D eigenvalue weighted by molar-refractivity contribution is 7.80. The summed E-state index contributed by atoms with van der Waals surface area (Å²) < 4.78 is 0. The van der Waals surface area contributed by atoms with Crippen LogP contribution in [0.3, 0.4) is 0 Å². The van der Waals surface area contributed by atoms with Gasteiger partial charge in [0.05, 0.1) is 11.5 Å². The Morgan fingerprint density at radius 1 is 1.38 bits per heavy atom. The first-order valence-electron chi connectivity index (χ1n) is 4.31. The van der Waals surface area contributed by atoms with Crippen molar-refractivity contribution in [1.82, 2.24) is 9.80 Å². The Bertz CT molecular complexity index is 196. The van der Waals surface area contributed by atoms with Crippen LogP contribution in [0.5, 0.6) is 0 Å².